The Morgan fingerprint density at radius 3 is 1.23 bits per heavy atom. The van der Waals surface area contributed by atoms with E-state index in [0.717, 1.165) is 84.0 Å². The number of hydrogen-bond donors (Lipinski definition) is 0. The molecule has 6 heteroatoms. The van der Waals surface area contributed by atoms with Crippen molar-refractivity contribution in [3.8, 4) is 0 Å². The topological polar surface area (TPSA) is 37.4 Å². The third-order valence-electron chi connectivity index (χ3n) is 15.2. The Morgan fingerprint density at radius 1 is 0.443 bits per heavy atom. The van der Waals surface area contributed by atoms with Gasteiger partial charge >= 0.3 is 0 Å². The summed E-state index contributed by atoms with van der Waals surface area (Å²) in [5, 5.41) is 10.1. The van der Waals surface area contributed by atoms with Gasteiger partial charge in [0.05, 0.1) is 19.8 Å². The van der Waals surface area contributed by atoms with Crippen LogP contribution in [0.4, 0.5) is 0 Å². The molecular weight excluding hydrogens is 751 g/mol. The van der Waals surface area contributed by atoms with Crippen molar-refractivity contribution >= 4 is 10.8 Å². The zero-order chi connectivity index (χ0) is 44.9. The van der Waals surface area contributed by atoms with Crippen LogP contribution < -0.4 is 0 Å². The van der Waals surface area contributed by atoms with Crippen molar-refractivity contribution in [2.75, 3.05) is 19.8 Å². The molecule has 0 amide bonds. The number of unbranched alkanes of at least 4 members (excludes halogenated alkanes) is 6. The normalized spacial score (nSPS) is 26.8. The number of rotatable bonds is 18. The van der Waals surface area contributed by atoms with Gasteiger partial charge in [-0.1, -0.05) is 89.6 Å². The van der Waals surface area contributed by atoms with Crippen LogP contribution in [0.2, 0.25) is 0 Å². The molecule has 348 valence electrons. The van der Waals surface area contributed by atoms with Crippen LogP contribution in [0.15, 0.2) is 30.3 Å². The van der Waals surface area contributed by atoms with Gasteiger partial charge in [0.1, 0.15) is 0 Å². The van der Waals surface area contributed by atoms with Gasteiger partial charge in [0.2, 0.25) is 0 Å². The lowest BCUT2D eigenvalue weighted by atomic mass is 9.77. The van der Waals surface area contributed by atoms with Crippen LogP contribution in [0.3, 0.4) is 0 Å². The molecule has 3 unspecified atom stereocenters. The summed E-state index contributed by atoms with van der Waals surface area (Å²) in [4.78, 5) is 20.2. The third kappa shape index (κ3) is 12.4. The monoisotopic (exact) mass is 846 g/mol. The lowest BCUT2D eigenvalue weighted by molar-refractivity contribution is -0.264. The van der Waals surface area contributed by atoms with Crippen molar-refractivity contribution in [3.05, 3.63) is 47.0 Å². The summed E-state index contributed by atoms with van der Waals surface area (Å²) in [5.41, 5.74) is 4.19. The van der Waals surface area contributed by atoms with Gasteiger partial charge in [0.25, 0.3) is 0 Å². The van der Waals surface area contributed by atoms with E-state index in [9.17, 15) is 0 Å². The van der Waals surface area contributed by atoms with Crippen molar-refractivity contribution in [3.63, 3.8) is 0 Å². The summed E-state index contributed by atoms with van der Waals surface area (Å²) in [6.07, 6.45) is 20.7. The maximum Gasteiger partial charge on any atom is 0.0685 e. The molecule has 0 aliphatic carbocycles. The summed E-state index contributed by atoms with van der Waals surface area (Å²) in [5.74, 6) is 1.37. The third-order valence-corrected chi connectivity index (χ3v) is 15.2. The van der Waals surface area contributed by atoms with Gasteiger partial charge < -0.3 is 0 Å². The van der Waals surface area contributed by atoms with Gasteiger partial charge in [-0.2, -0.15) is 15.2 Å². The highest BCUT2D eigenvalue weighted by molar-refractivity contribution is 5.88. The summed E-state index contributed by atoms with van der Waals surface area (Å²) in [7, 11) is 0. The van der Waals surface area contributed by atoms with E-state index in [0.29, 0.717) is 17.8 Å². The SMILES string of the molecule is CCCCCON1C(C)(C)CCC(c2cc(C3CCC(C)(C)N(OCCCCC)C(C)(C)C3)c3cc(C4CCC(C)(C)N(OCCCCC)C(C)(C)C4)ccc3c2)CC1(C)C. The lowest BCUT2D eigenvalue weighted by Gasteiger charge is -2.46. The second-order valence-electron chi connectivity index (χ2n) is 23.8. The zero-order valence-corrected chi connectivity index (χ0v) is 42.5. The van der Waals surface area contributed by atoms with Gasteiger partial charge in [-0.3, -0.25) is 14.5 Å². The van der Waals surface area contributed by atoms with Crippen LogP contribution in [0.1, 0.15) is 254 Å². The Labute approximate surface area is 376 Å². The highest BCUT2D eigenvalue weighted by atomic mass is 16.7. The second-order valence-corrected chi connectivity index (χ2v) is 23.8. The molecule has 0 bridgehead atoms. The molecule has 61 heavy (non-hydrogen) atoms. The molecule has 0 saturated carbocycles. The average molecular weight is 846 g/mol. The van der Waals surface area contributed by atoms with Crippen molar-refractivity contribution in [2.24, 2.45) is 0 Å². The Kier molecular flexibility index (Phi) is 17.2. The molecule has 5 rings (SSSR count). The highest BCUT2D eigenvalue weighted by Gasteiger charge is 2.47. The first-order valence-electron chi connectivity index (χ1n) is 25.5. The van der Waals surface area contributed by atoms with Crippen molar-refractivity contribution in [1.29, 1.82) is 0 Å². The molecule has 3 atom stereocenters. The smallest absolute Gasteiger partial charge is 0.0685 e. The number of benzene rings is 2. The minimum Gasteiger partial charge on any atom is -0.298 e. The van der Waals surface area contributed by atoms with Crippen LogP contribution >= 0.6 is 0 Å². The molecule has 2 aromatic carbocycles. The van der Waals surface area contributed by atoms with E-state index in [2.05, 4.69) is 149 Å². The van der Waals surface area contributed by atoms with E-state index in [4.69, 9.17) is 14.5 Å². The van der Waals surface area contributed by atoms with Crippen LogP contribution in [-0.4, -0.2) is 68.2 Å². The maximum atomic E-state index is 6.79. The van der Waals surface area contributed by atoms with E-state index < -0.39 is 0 Å². The first kappa shape index (κ1) is 50.5. The molecule has 3 fully saturated rings. The molecular formula is C55H95N3O3. The lowest BCUT2D eigenvalue weighted by Crippen LogP contribution is -2.54. The summed E-state index contributed by atoms with van der Waals surface area (Å²) < 4.78 is 0. The summed E-state index contributed by atoms with van der Waals surface area (Å²) in [6.45, 7) is 38.3. The van der Waals surface area contributed by atoms with Gasteiger partial charge in [-0.25, -0.2) is 0 Å². The molecule has 0 N–H and O–H groups in total. The largest absolute Gasteiger partial charge is 0.298 e. The van der Waals surface area contributed by atoms with Crippen molar-refractivity contribution < 1.29 is 14.5 Å². The molecule has 0 spiro atoms. The fourth-order valence-electron chi connectivity index (χ4n) is 12.4. The van der Waals surface area contributed by atoms with Gasteiger partial charge in [-0.15, -0.1) is 0 Å². The van der Waals surface area contributed by atoms with Crippen LogP contribution in [0, 0.1) is 0 Å². The fourth-order valence-corrected chi connectivity index (χ4v) is 12.4. The second kappa shape index (κ2) is 20.7. The Morgan fingerprint density at radius 2 is 0.820 bits per heavy atom. The summed E-state index contributed by atoms with van der Waals surface area (Å²) >= 11 is 0. The van der Waals surface area contributed by atoms with Gasteiger partial charge in [0, 0.05) is 33.2 Å². The van der Waals surface area contributed by atoms with Gasteiger partial charge in [0.15, 0.2) is 0 Å². The molecule has 3 heterocycles. The molecule has 0 aromatic heterocycles. The molecule has 6 nitrogen and oxygen atoms in total. The van der Waals surface area contributed by atoms with Crippen molar-refractivity contribution in [2.45, 2.75) is 270 Å². The van der Waals surface area contributed by atoms with Gasteiger partial charge in [-0.05, 0) is 205 Å². The quantitative estimate of drug-likeness (QED) is 0.139. The Hall–Kier alpha value is -1.54. The molecule has 3 aliphatic heterocycles. The van der Waals surface area contributed by atoms with Crippen LogP contribution in [0.25, 0.3) is 10.8 Å². The predicted molar refractivity (Wildman–Crippen MR) is 260 cm³/mol. The fraction of sp³-hybridized carbons (Fsp3) is 0.818. The first-order valence-corrected chi connectivity index (χ1v) is 25.5. The van der Waals surface area contributed by atoms with E-state index in [1.165, 1.54) is 73.3 Å². The molecule has 2 aromatic rings. The van der Waals surface area contributed by atoms with E-state index >= 15 is 0 Å². The first-order chi connectivity index (χ1) is 28.6. The number of hydrogen-bond acceptors (Lipinski definition) is 6. The number of hydroxylamine groups is 6. The molecule has 3 aliphatic rings. The average Bonchev–Trinajstić information content (AvgIpc) is 3.38. The maximum absolute atomic E-state index is 6.79. The minimum atomic E-state index is -0.113. The Balaban J connectivity index is 1.57. The van der Waals surface area contributed by atoms with Crippen molar-refractivity contribution in [1.82, 2.24) is 15.2 Å². The summed E-state index contributed by atoms with van der Waals surface area (Å²) in [6, 6.07) is 12.9. The number of nitrogens with zero attached hydrogens (tertiary/aromatic N) is 3. The molecule has 0 radical (unpaired) electrons. The van der Waals surface area contributed by atoms with E-state index in [1.54, 1.807) is 5.56 Å². The molecule has 3 saturated heterocycles. The van der Waals surface area contributed by atoms with E-state index in [1.807, 2.05) is 0 Å². The predicted octanol–water partition coefficient (Wildman–Crippen LogP) is 15.6. The Bertz CT molecular complexity index is 1680. The van der Waals surface area contributed by atoms with Crippen LogP contribution in [0.5, 0.6) is 0 Å². The van der Waals surface area contributed by atoms with E-state index in [-0.39, 0.29) is 33.2 Å². The number of fused-ring (bicyclic) bond motifs is 1. The van der Waals surface area contributed by atoms with Crippen LogP contribution in [-0.2, 0) is 14.5 Å². The highest BCUT2D eigenvalue weighted by Crippen LogP contribution is 2.50. The minimum absolute atomic E-state index is 0.0260. The standard InChI is InChI=1S/C55H95N3O3/c1-16-19-22-33-59-56-50(4,5)30-27-44(39-53(56,10)11)42-25-26-43-36-47(45-28-31-51(6,7)57(54(12,13)40-45)60-34-23-20-17-2)38-49(48(43)37-42)46-29-32-52(8,9)58(55(14,15)41-46)61-35-24-21-18-3/h25-26,36-38,44-46H,16-24,27-35,39-41H2,1-15H3. The zero-order valence-electron chi connectivity index (χ0n) is 42.5.